The van der Waals surface area contributed by atoms with E-state index in [4.69, 9.17) is 0 Å². The summed E-state index contributed by atoms with van der Waals surface area (Å²) in [4.78, 5) is 14.3. The highest BCUT2D eigenvalue weighted by Gasteiger charge is 2.17. The van der Waals surface area contributed by atoms with Gasteiger partial charge in [-0.15, -0.1) is 21.5 Å². The van der Waals surface area contributed by atoms with Crippen molar-refractivity contribution in [1.82, 2.24) is 20.0 Å². The zero-order chi connectivity index (χ0) is 19.0. The van der Waals surface area contributed by atoms with Gasteiger partial charge in [0.2, 0.25) is 5.13 Å². The van der Waals surface area contributed by atoms with E-state index in [0.29, 0.717) is 16.6 Å². The summed E-state index contributed by atoms with van der Waals surface area (Å²) >= 11 is 2.86. The van der Waals surface area contributed by atoms with Crippen molar-refractivity contribution in [3.8, 4) is 0 Å². The quantitative estimate of drug-likeness (QED) is 0.541. The Labute approximate surface area is 164 Å². The van der Waals surface area contributed by atoms with E-state index in [1.54, 1.807) is 0 Å². The van der Waals surface area contributed by atoms with Crippen LogP contribution in [0, 0.1) is 13.8 Å². The number of fused-ring (bicyclic) bond motifs is 1. The summed E-state index contributed by atoms with van der Waals surface area (Å²) in [7, 11) is 0. The maximum absolute atomic E-state index is 12.6. The average Bonchev–Trinajstić information content (AvgIpc) is 3.35. The van der Waals surface area contributed by atoms with Gasteiger partial charge in [0.25, 0.3) is 5.91 Å². The molecule has 4 rings (SSSR count). The molecule has 0 fully saturated rings. The lowest BCUT2D eigenvalue weighted by Crippen LogP contribution is -2.09. The predicted octanol–water partition coefficient (Wildman–Crippen LogP) is 4.43. The molecule has 4 aromatic rings. The zero-order valence-electron chi connectivity index (χ0n) is 15.3. The van der Waals surface area contributed by atoms with Crippen molar-refractivity contribution in [2.24, 2.45) is 0 Å². The Bertz CT molecular complexity index is 1110. The summed E-state index contributed by atoms with van der Waals surface area (Å²) < 4.78 is 1.97. The molecular weight excluding hydrogens is 378 g/mol. The van der Waals surface area contributed by atoms with Crippen LogP contribution in [0.5, 0.6) is 0 Å². The van der Waals surface area contributed by atoms with Gasteiger partial charge in [-0.25, -0.2) is 0 Å². The summed E-state index contributed by atoms with van der Waals surface area (Å²) in [5.74, 6) is -0.156. The first-order valence-electron chi connectivity index (χ1n) is 8.69. The molecule has 0 saturated heterocycles. The van der Waals surface area contributed by atoms with E-state index in [-0.39, 0.29) is 5.91 Å². The highest BCUT2D eigenvalue weighted by Crippen LogP contribution is 2.29. The van der Waals surface area contributed by atoms with Crippen molar-refractivity contribution in [2.45, 2.75) is 33.7 Å². The minimum atomic E-state index is -0.156. The SMILES string of the molecule is CCc1nnc(NC(=O)c2cc3c(C)nn(Cc4ccc(C)cc4)c3s2)s1. The van der Waals surface area contributed by atoms with Crippen LogP contribution in [0.4, 0.5) is 5.13 Å². The third-order valence-electron chi connectivity index (χ3n) is 4.27. The number of aromatic nitrogens is 4. The molecule has 0 saturated carbocycles. The van der Waals surface area contributed by atoms with Crippen LogP contribution >= 0.6 is 22.7 Å². The number of hydrogen-bond acceptors (Lipinski definition) is 6. The molecule has 8 heteroatoms. The number of nitrogens with one attached hydrogen (secondary N) is 1. The first-order valence-corrected chi connectivity index (χ1v) is 10.3. The molecule has 1 aromatic carbocycles. The second-order valence-electron chi connectivity index (χ2n) is 6.37. The van der Waals surface area contributed by atoms with E-state index < -0.39 is 0 Å². The third kappa shape index (κ3) is 3.63. The van der Waals surface area contributed by atoms with Gasteiger partial charge in [-0.2, -0.15) is 5.10 Å². The van der Waals surface area contributed by atoms with Crippen LogP contribution in [-0.2, 0) is 13.0 Å². The molecule has 0 spiro atoms. The molecule has 1 amide bonds. The van der Waals surface area contributed by atoms with Crippen LogP contribution in [0.15, 0.2) is 30.3 Å². The molecule has 3 aromatic heterocycles. The molecule has 0 aliphatic carbocycles. The number of hydrogen-bond donors (Lipinski definition) is 1. The van der Waals surface area contributed by atoms with E-state index >= 15 is 0 Å². The summed E-state index contributed by atoms with van der Waals surface area (Å²) in [6.45, 7) is 6.75. The monoisotopic (exact) mass is 397 g/mol. The van der Waals surface area contributed by atoms with Gasteiger partial charge in [-0.3, -0.25) is 14.8 Å². The first kappa shape index (κ1) is 17.8. The smallest absolute Gasteiger partial charge is 0.267 e. The van der Waals surface area contributed by atoms with Crippen LogP contribution in [0.2, 0.25) is 0 Å². The number of thiophene rings is 1. The summed E-state index contributed by atoms with van der Waals surface area (Å²) in [6.07, 6.45) is 0.810. The number of carbonyl (C=O) groups excluding carboxylic acids is 1. The maximum atomic E-state index is 12.6. The second kappa shape index (κ2) is 7.21. The number of aryl methyl sites for hydroxylation is 3. The molecule has 138 valence electrons. The van der Waals surface area contributed by atoms with Crippen LogP contribution in [0.1, 0.15) is 38.4 Å². The van der Waals surface area contributed by atoms with Gasteiger partial charge >= 0.3 is 0 Å². The van der Waals surface area contributed by atoms with Crippen LogP contribution < -0.4 is 5.32 Å². The van der Waals surface area contributed by atoms with Gasteiger partial charge in [0.1, 0.15) is 9.84 Å². The van der Waals surface area contributed by atoms with Gasteiger partial charge in [-0.1, -0.05) is 48.1 Å². The van der Waals surface area contributed by atoms with Crippen LogP contribution in [0.3, 0.4) is 0 Å². The maximum Gasteiger partial charge on any atom is 0.267 e. The van der Waals surface area contributed by atoms with Crippen molar-refractivity contribution in [3.05, 3.63) is 57.0 Å². The van der Waals surface area contributed by atoms with Crippen LogP contribution in [-0.4, -0.2) is 25.9 Å². The average molecular weight is 398 g/mol. The Morgan fingerprint density at radius 2 is 1.93 bits per heavy atom. The van der Waals surface area contributed by atoms with E-state index in [1.165, 1.54) is 33.8 Å². The van der Waals surface area contributed by atoms with Gasteiger partial charge in [0.15, 0.2) is 0 Å². The number of benzene rings is 1. The van der Waals surface area contributed by atoms with Gasteiger partial charge in [0.05, 0.1) is 17.1 Å². The molecule has 6 nitrogen and oxygen atoms in total. The fraction of sp³-hybridized carbons (Fsp3) is 0.263. The minimum absolute atomic E-state index is 0.156. The van der Waals surface area contributed by atoms with Crippen molar-refractivity contribution < 1.29 is 4.79 Å². The topological polar surface area (TPSA) is 72.7 Å². The van der Waals surface area contributed by atoms with Crippen molar-refractivity contribution in [2.75, 3.05) is 5.32 Å². The highest BCUT2D eigenvalue weighted by atomic mass is 32.1. The Kier molecular flexibility index (Phi) is 4.75. The minimum Gasteiger partial charge on any atom is -0.296 e. The third-order valence-corrected chi connectivity index (χ3v) is 6.40. The molecule has 3 heterocycles. The molecular formula is C19H19N5OS2. The molecule has 0 atom stereocenters. The lowest BCUT2D eigenvalue weighted by molar-refractivity contribution is 0.103. The standard InChI is InChI=1S/C19H19N5OS2/c1-4-16-21-22-19(27-16)20-17(25)15-9-14-12(3)23-24(18(14)26-15)10-13-7-5-11(2)6-8-13/h5-9H,4,10H2,1-3H3,(H,20,22,25). The number of anilines is 1. The number of amides is 1. The van der Waals surface area contributed by atoms with Gasteiger partial charge in [0, 0.05) is 5.39 Å². The Hall–Kier alpha value is -2.58. The molecule has 0 aliphatic heterocycles. The van der Waals surface area contributed by atoms with Crippen molar-refractivity contribution in [1.29, 1.82) is 0 Å². The Morgan fingerprint density at radius 3 is 2.63 bits per heavy atom. The van der Waals surface area contributed by atoms with E-state index in [2.05, 4.69) is 51.8 Å². The number of nitrogens with zero attached hydrogens (tertiary/aromatic N) is 4. The van der Waals surface area contributed by atoms with Gasteiger partial charge < -0.3 is 0 Å². The Morgan fingerprint density at radius 1 is 1.15 bits per heavy atom. The second-order valence-corrected chi connectivity index (χ2v) is 8.46. The van der Waals surface area contributed by atoms with Crippen molar-refractivity contribution >= 4 is 43.9 Å². The lowest BCUT2D eigenvalue weighted by atomic mass is 10.1. The number of rotatable bonds is 5. The van der Waals surface area contributed by atoms with Crippen molar-refractivity contribution in [3.63, 3.8) is 0 Å². The largest absolute Gasteiger partial charge is 0.296 e. The van der Waals surface area contributed by atoms with Crippen LogP contribution in [0.25, 0.3) is 10.2 Å². The van der Waals surface area contributed by atoms with E-state index in [9.17, 15) is 4.79 Å². The molecule has 0 unspecified atom stereocenters. The normalized spacial score (nSPS) is 11.2. The van der Waals surface area contributed by atoms with E-state index in [1.807, 2.05) is 24.6 Å². The highest BCUT2D eigenvalue weighted by molar-refractivity contribution is 7.20. The molecule has 1 N–H and O–H groups in total. The summed E-state index contributed by atoms with van der Waals surface area (Å²) in [5, 5.41) is 18.0. The fourth-order valence-corrected chi connectivity index (χ4v) is 4.53. The first-order chi connectivity index (χ1) is 13.0. The van der Waals surface area contributed by atoms with Gasteiger partial charge in [-0.05, 0) is 31.9 Å². The predicted molar refractivity (Wildman–Crippen MR) is 110 cm³/mol. The number of carbonyl (C=O) groups is 1. The molecule has 0 bridgehead atoms. The summed E-state index contributed by atoms with van der Waals surface area (Å²) in [6, 6.07) is 10.3. The molecule has 0 radical (unpaired) electrons. The fourth-order valence-electron chi connectivity index (χ4n) is 2.80. The Balaban J connectivity index is 1.59. The molecule has 27 heavy (non-hydrogen) atoms. The van der Waals surface area contributed by atoms with E-state index in [0.717, 1.165) is 27.3 Å². The lowest BCUT2D eigenvalue weighted by Gasteiger charge is -2.03. The molecule has 0 aliphatic rings. The summed E-state index contributed by atoms with van der Waals surface area (Å²) in [5.41, 5.74) is 3.35. The zero-order valence-corrected chi connectivity index (χ0v) is 16.9.